The van der Waals surface area contributed by atoms with Crippen molar-refractivity contribution in [2.75, 3.05) is 0 Å². The lowest BCUT2D eigenvalue weighted by Gasteiger charge is -2.09. The molecule has 0 aliphatic heterocycles. The Morgan fingerprint density at radius 2 is 1.60 bits per heavy atom. The van der Waals surface area contributed by atoms with E-state index in [2.05, 4.69) is 15.2 Å². The molecule has 6 nitrogen and oxygen atoms in total. The molecule has 7 heteroatoms. The molecule has 0 N–H and O–H groups in total. The smallest absolute Gasteiger partial charge is 0.209 e. The Morgan fingerprint density at radius 1 is 0.840 bits per heavy atom. The zero-order valence-corrected chi connectivity index (χ0v) is 13.0. The fourth-order valence-corrected chi connectivity index (χ4v) is 2.50. The summed E-state index contributed by atoms with van der Waals surface area (Å²) in [5, 5.41) is 8.66. The van der Waals surface area contributed by atoms with Crippen LogP contribution in [-0.2, 0) is 0 Å². The minimum absolute atomic E-state index is 0.228. The highest BCUT2D eigenvalue weighted by Crippen LogP contribution is 2.18. The van der Waals surface area contributed by atoms with Crippen LogP contribution in [0, 0.1) is 5.82 Å². The van der Waals surface area contributed by atoms with Gasteiger partial charge in [-0.3, -0.25) is 9.78 Å². The second kappa shape index (κ2) is 6.12. The Labute approximate surface area is 141 Å². The molecular weight excluding hydrogens is 321 g/mol. The van der Waals surface area contributed by atoms with Crippen LogP contribution in [0.2, 0.25) is 0 Å². The van der Waals surface area contributed by atoms with Gasteiger partial charge in [0.2, 0.25) is 5.43 Å². The van der Waals surface area contributed by atoms with Crippen LogP contribution in [0.5, 0.6) is 0 Å². The SMILES string of the molecule is O=c1ccn(-c2ccncc2)nc1-c1ccnn1-c1ccc(F)cc1. The van der Waals surface area contributed by atoms with Crippen LogP contribution in [0.25, 0.3) is 22.8 Å². The Hall–Kier alpha value is -3.61. The molecule has 25 heavy (non-hydrogen) atoms. The molecule has 0 amide bonds. The molecule has 0 radical (unpaired) electrons. The summed E-state index contributed by atoms with van der Waals surface area (Å²) in [7, 11) is 0. The summed E-state index contributed by atoms with van der Waals surface area (Å²) in [5.74, 6) is -0.338. The highest BCUT2D eigenvalue weighted by atomic mass is 19.1. The molecule has 1 aromatic carbocycles. The fourth-order valence-electron chi connectivity index (χ4n) is 2.50. The number of halogens is 1. The van der Waals surface area contributed by atoms with E-state index in [0.717, 1.165) is 5.69 Å². The summed E-state index contributed by atoms with van der Waals surface area (Å²) in [6.07, 6.45) is 6.47. The van der Waals surface area contributed by atoms with Gasteiger partial charge in [-0.1, -0.05) is 0 Å². The van der Waals surface area contributed by atoms with Crippen LogP contribution in [0.1, 0.15) is 0 Å². The lowest BCUT2D eigenvalue weighted by Crippen LogP contribution is -2.14. The number of pyridine rings is 1. The average molecular weight is 333 g/mol. The first kappa shape index (κ1) is 14.9. The van der Waals surface area contributed by atoms with Crippen molar-refractivity contribution in [1.29, 1.82) is 0 Å². The molecule has 0 atom stereocenters. The summed E-state index contributed by atoms with van der Waals surface area (Å²) < 4.78 is 16.3. The predicted octanol–water partition coefficient (Wildman–Crippen LogP) is 2.62. The van der Waals surface area contributed by atoms with E-state index in [1.165, 1.54) is 18.2 Å². The van der Waals surface area contributed by atoms with E-state index in [4.69, 9.17) is 0 Å². The van der Waals surface area contributed by atoms with Crippen LogP contribution >= 0.6 is 0 Å². The van der Waals surface area contributed by atoms with Crippen molar-refractivity contribution < 1.29 is 4.39 Å². The van der Waals surface area contributed by atoms with Gasteiger partial charge in [0.1, 0.15) is 5.82 Å². The lowest BCUT2D eigenvalue weighted by atomic mass is 10.2. The molecule has 0 aliphatic carbocycles. The van der Waals surface area contributed by atoms with Crippen LogP contribution in [0.4, 0.5) is 4.39 Å². The second-order valence-electron chi connectivity index (χ2n) is 5.28. The van der Waals surface area contributed by atoms with E-state index in [1.54, 1.807) is 64.5 Å². The van der Waals surface area contributed by atoms with Crippen molar-refractivity contribution in [3.8, 4) is 22.8 Å². The van der Waals surface area contributed by atoms with E-state index in [0.29, 0.717) is 11.4 Å². The summed E-state index contributed by atoms with van der Waals surface area (Å²) in [5.41, 5.74) is 1.97. The Kier molecular flexibility index (Phi) is 3.66. The molecule has 0 bridgehead atoms. The predicted molar refractivity (Wildman–Crippen MR) is 90.1 cm³/mol. The Bertz CT molecular complexity index is 1070. The number of rotatable bonds is 3. The number of aromatic nitrogens is 5. The van der Waals surface area contributed by atoms with Crippen LogP contribution < -0.4 is 5.43 Å². The standard InChI is InChI=1S/C18H12FN5O/c19-13-1-3-15(4-2-13)24-16(7-11-21-24)18-17(25)8-12-23(22-18)14-5-9-20-10-6-14/h1-12H. The van der Waals surface area contributed by atoms with E-state index in [-0.39, 0.29) is 16.9 Å². The van der Waals surface area contributed by atoms with Crippen molar-refractivity contribution in [3.63, 3.8) is 0 Å². The molecular formula is C18H12FN5O. The first-order valence-corrected chi connectivity index (χ1v) is 7.53. The largest absolute Gasteiger partial charge is 0.287 e. The molecule has 0 saturated heterocycles. The molecule has 0 unspecified atom stereocenters. The van der Waals surface area contributed by atoms with E-state index in [1.807, 2.05) is 0 Å². The zero-order chi connectivity index (χ0) is 17.2. The maximum atomic E-state index is 13.2. The quantitative estimate of drug-likeness (QED) is 0.578. The molecule has 122 valence electrons. The Morgan fingerprint density at radius 3 is 2.36 bits per heavy atom. The normalized spacial score (nSPS) is 10.8. The number of hydrogen-bond acceptors (Lipinski definition) is 4. The van der Waals surface area contributed by atoms with Gasteiger partial charge >= 0.3 is 0 Å². The molecule has 0 aliphatic rings. The monoisotopic (exact) mass is 333 g/mol. The van der Waals surface area contributed by atoms with E-state index in [9.17, 15) is 9.18 Å². The van der Waals surface area contributed by atoms with Gasteiger partial charge in [0, 0.05) is 24.7 Å². The molecule has 4 rings (SSSR count). The third-order valence-electron chi connectivity index (χ3n) is 3.69. The summed E-state index contributed by atoms with van der Waals surface area (Å²) in [4.78, 5) is 16.3. The molecule has 0 saturated carbocycles. The highest BCUT2D eigenvalue weighted by molar-refractivity contribution is 5.57. The lowest BCUT2D eigenvalue weighted by molar-refractivity contribution is 0.627. The molecule has 0 fully saturated rings. The first-order valence-electron chi connectivity index (χ1n) is 7.53. The molecule has 0 spiro atoms. The third kappa shape index (κ3) is 2.83. The molecule has 3 aromatic heterocycles. The van der Waals surface area contributed by atoms with Crippen molar-refractivity contribution in [3.05, 3.63) is 89.4 Å². The van der Waals surface area contributed by atoms with Gasteiger partial charge in [-0.15, -0.1) is 0 Å². The van der Waals surface area contributed by atoms with Gasteiger partial charge in [0.05, 0.1) is 23.3 Å². The summed E-state index contributed by atoms with van der Waals surface area (Å²) in [6.45, 7) is 0. The van der Waals surface area contributed by atoms with Gasteiger partial charge in [-0.25, -0.2) is 13.8 Å². The molecule has 4 aromatic rings. The van der Waals surface area contributed by atoms with Gasteiger partial charge < -0.3 is 0 Å². The van der Waals surface area contributed by atoms with Crippen LogP contribution in [0.3, 0.4) is 0 Å². The van der Waals surface area contributed by atoms with Crippen LogP contribution in [-0.4, -0.2) is 24.5 Å². The Balaban J connectivity index is 1.85. The third-order valence-corrected chi connectivity index (χ3v) is 3.69. The van der Waals surface area contributed by atoms with Crippen molar-refractivity contribution >= 4 is 0 Å². The minimum Gasteiger partial charge on any atom is -0.287 e. The summed E-state index contributed by atoms with van der Waals surface area (Å²) in [6, 6.07) is 12.6. The number of nitrogens with zero attached hydrogens (tertiary/aromatic N) is 5. The highest BCUT2D eigenvalue weighted by Gasteiger charge is 2.13. The van der Waals surface area contributed by atoms with Crippen molar-refractivity contribution in [2.24, 2.45) is 0 Å². The van der Waals surface area contributed by atoms with Gasteiger partial charge in [-0.05, 0) is 42.5 Å². The number of benzene rings is 1. The average Bonchev–Trinajstić information content (AvgIpc) is 3.13. The van der Waals surface area contributed by atoms with Crippen LogP contribution in [0.15, 0.2) is 78.1 Å². The van der Waals surface area contributed by atoms with E-state index >= 15 is 0 Å². The second-order valence-corrected chi connectivity index (χ2v) is 5.28. The fraction of sp³-hybridized carbons (Fsp3) is 0. The topological polar surface area (TPSA) is 65.6 Å². The van der Waals surface area contributed by atoms with Gasteiger partial charge in [-0.2, -0.15) is 10.2 Å². The first-order chi connectivity index (χ1) is 12.2. The van der Waals surface area contributed by atoms with Crippen molar-refractivity contribution in [2.45, 2.75) is 0 Å². The zero-order valence-electron chi connectivity index (χ0n) is 13.0. The number of hydrogen-bond donors (Lipinski definition) is 0. The minimum atomic E-state index is -0.338. The maximum absolute atomic E-state index is 13.2. The molecule has 3 heterocycles. The summed E-state index contributed by atoms with van der Waals surface area (Å²) >= 11 is 0. The van der Waals surface area contributed by atoms with Crippen molar-refractivity contribution in [1.82, 2.24) is 24.5 Å². The van der Waals surface area contributed by atoms with E-state index < -0.39 is 0 Å². The van der Waals surface area contributed by atoms with Gasteiger partial charge in [0.25, 0.3) is 0 Å². The maximum Gasteiger partial charge on any atom is 0.209 e. The van der Waals surface area contributed by atoms with Gasteiger partial charge in [0.15, 0.2) is 5.69 Å².